The van der Waals surface area contributed by atoms with Crippen LogP contribution in [-0.4, -0.2) is 11.0 Å². The van der Waals surface area contributed by atoms with Crippen LogP contribution in [0.25, 0.3) is 0 Å². The van der Waals surface area contributed by atoms with E-state index in [9.17, 15) is 14.3 Å². The molecule has 3 rings (SSSR count). The molecule has 0 aliphatic carbocycles. The van der Waals surface area contributed by atoms with Gasteiger partial charge in [-0.1, -0.05) is 29.8 Å². The molecule has 0 spiro atoms. The molecule has 0 fully saturated rings. The van der Waals surface area contributed by atoms with Crippen LogP contribution in [0.5, 0.6) is 0 Å². The van der Waals surface area contributed by atoms with Crippen LogP contribution in [0.3, 0.4) is 0 Å². The number of nitrogens with one attached hydrogen (secondary N) is 1. The summed E-state index contributed by atoms with van der Waals surface area (Å²) in [7, 11) is 0. The van der Waals surface area contributed by atoms with Crippen molar-refractivity contribution < 1.29 is 14.3 Å². The molecule has 0 aromatic heterocycles. The lowest BCUT2D eigenvalue weighted by Crippen LogP contribution is -2.20. The molecule has 1 aliphatic heterocycles. The molecule has 108 valence electrons. The van der Waals surface area contributed by atoms with Gasteiger partial charge in [0.1, 0.15) is 11.9 Å². The van der Waals surface area contributed by atoms with Gasteiger partial charge in [0.25, 0.3) is 0 Å². The first kappa shape index (κ1) is 14.0. The quantitative estimate of drug-likeness (QED) is 0.893. The van der Waals surface area contributed by atoms with Gasteiger partial charge in [0.05, 0.1) is 5.69 Å². The van der Waals surface area contributed by atoms with Crippen LogP contribution in [0.4, 0.5) is 10.1 Å². The lowest BCUT2D eigenvalue weighted by Gasteiger charge is -2.20. The molecule has 1 unspecified atom stereocenters. The van der Waals surface area contributed by atoms with Crippen LogP contribution in [-0.2, 0) is 11.2 Å². The Bertz CT molecular complexity index is 717. The van der Waals surface area contributed by atoms with Gasteiger partial charge in [-0.15, -0.1) is 0 Å². The minimum absolute atomic E-state index is 0.190. The third-order valence-electron chi connectivity index (χ3n) is 3.56. The van der Waals surface area contributed by atoms with Crippen molar-refractivity contribution in [3.63, 3.8) is 0 Å². The number of aliphatic hydroxyl groups excluding tert-OH is 1. The first-order valence-corrected chi connectivity index (χ1v) is 6.98. The molecular weight excluding hydrogens is 293 g/mol. The van der Waals surface area contributed by atoms with E-state index >= 15 is 0 Å². The number of hydrogen-bond donors (Lipinski definition) is 2. The van der Waals surface area contributed by atoms with Crippen LogP contribution in [0.2, 0.25) is 5.02 Å². The zero-order valence-corrected chi connectivity index (χ0v) is 11.8. The second kappa shape index (κ2) is 5.47. The largest absolute Gasteiger partial charge is 0.384 e. The van der Waals surface area contributed by atoms with Crippen molar-refractivity contribution in [2.75, 3.05) is 5.32 Å². The number of carbonyl (C=O) groups is 1. The first-order valence-electron chi connectivity index (χ1n) is 6.60. The van der Waals surface area contributed by atoms with E-state index in [4.69, 9.17) is 11.6 Å². The van der Waals surface area contributed by atoms with Gasteiger partial charge in [-0.2, -0.15) is 0 Å². The van der Waals surface area contributed by atoms with E-state index in [0.717, 1.165) is 0 Å². The predicted molar refractivity (Wildman–Crippen MR) is 78.9 cm³/mol. The van der Waals surface area contributed by atoms with Gasteiger partial charge < -0.3 is 10.4 Å². The molecule has 3 nitrogen and oxygen atoms in total. The minimum atomic E-state index is -0.957. The van der Waals surface area contributed by atoms with Crippen molar-refractivity contribution in [1.82, 2.24) is 0 Å². The molecule has 5 heteroatoms. The molecule has 1 amide bonds. The molecule has 0 radical (unpaired) electrons. The number of aliphatic hydroxyl groups is 1. The number of fused-ring (bicyclic) bond motifs is 1. The molecule has 1 aliphatic rings. The highest BCUT2D eigenvalue weighted by molar-refractivity contribution is 6.30. The average molecular weight is 306 g/mol. The number of benzene rings is 2. The standard InChI is InChI=1S/C16H13ClFNO2/c17-12-3-1-2-10(7-12)16(21)11-6-9-4-5-14(20)19-15(9)13(18)8-11/h1-3,6-8,16,21H,4-5H2,(H,19,20). The van der Waals surface area contributed by atoms with Crippen molar-refractivity contribution in [1.29, 1.82) is 0 Å². The number of carbonyl (C=O) groups excluding carboxylic acids is 1. The molecule has 21 heavy (non-hydrogen) atoms. The Morgan fingerprint density at radius 2 is 2.00 bits per heavy atom. The topological polar surface area (TPSA) is 49.3 Å². The summed E-state index contributed by atoms with van der Waals surface area (Å²) in [5, 5.41) is 13.4. The summed E-state index contributed by atoms with van der Waals surface area (Å²) in [6.45, 7) is 0. The summed E-state index contributed by atoms with van der Waals surface area (Å²) in [5.74, 6) is -0.721. The van der Waals surface area contributed by atoms with Gasteiger partial charge in [0.15, 0.2) is 0 Å². The summed E-state index contributed by atoms with van der Waals surface area (Å²) >= 11 is 5.91. The Kier molecular flexibility index (Phi) is 3.66. The maximum atomic E-state index is 14.1. The molecular formula is C16H13ClFNO2. The van der Waals surface area contributed by atoms with E-state index in [2.05, 4.69) is 5.32 Å². The first-order chi connectivity index (χ1) is 10.0. The summed E-state index contributed by atoms with van der Waals surface area (Å²) in [6, 6.07) is 9.79. The third-order valence-corrected chi connectivity index (χ3v) is 3.80. The molecule has 2 N–H and O–H groups in total. The molecule has 2 aromatic carbocycles. The SMILES string of the molecule is O=C1CCc2cc(C(O)c3cccc(Cl)c3)cc(F)c2N1. The molecule has 2 aromatic rings. The fourth-order valence-electron chi connectivity index (χ4n) is 2.50. The van der Waals surface area contributed by atoms with Crippen molar-refractivity contribution >= 4 is 23.2 Å². The Labute approximate surface area is 126 Å². The number of halogens is 2. The summed E-state index contributed by atoms with van der Waals surface area (Å²) < 4.78 is 14.1. The summed E-state index contributed by atoms with van der Waals surface area (Å²) in [6.07, 6.45) is -0.168. The highest BCUT2D eigenvalue weighted by Crippen LogP contribution is 2.32. The lowest BCUT2D eigenvalue weighted by atomic mass is 9.95. The number of aryl methyl sites for hydroxylation is 1. The van der Waals surface area contributed by atoms with E-state index in [0.29, 0.717) is 34.6 Å². The second-order valence-electron chi connectivity index (χ2n) is 5.04. The van der Waals surface area contributed by atoms with E-state index in [1.54, 1.807) is 30.3 Å². The van der Waals surface area contributed by atoms with Gasteiger partial charge >= 0.3 is 0 Å². The Balaban J connectivity index is 2.00. The zero-order chi connectivity index (χ0) is 15.0. The molecule has 1 heterocycles. The smallest absolute Gasteiger partial charge is 0.224 e. The maximum Gasteiger partial charge on any atom is 0.224 e. The Morgan fingerprint density at radius 1 is 1.19 bits per heavy atom. The van der Waals surface area contributed by atoms with Crippen molar-refractivity contribution in [2.24, 2.45) is 0 Å². The van der Waals surface area contributed by atoms with Gasteiger partial charge in [-0.05, 0) is 41.3 Å². The van der Waals surface area contributed by atoms with E-state index in [1.165, 1.54) is 6.07 Å². The second-order valence-corrected chi connectivity index (χ2v) is 5.48. The van der Waals surface area contributed by atoms with Gasteiger partial charge in [-0.25, -0.2) is 4.39 Å². The fourth-order valence-corrected chi connectivity index (χ4v) is 2.70. The normalized spacial score (nSPS) is 15.3. The number of rotatable bonds is 2. The van der Waals surface area contributed by atoms with E-state index in [1.807, 2.05) is 0 Å². The molecule has 0 saturated carbocycles. The highest BCUT2D eigenvalue weighted by atomic mass is 35.5. The average Bonchev–Trinajstić information content (AvgIpc) is 2.47. The van der Waals surface area contributed by atoms with Crippen LogP contribution >= 0.6 is 11.6 Å². The third kappa shape index (κ3) is 2.77. The summed E-state index contributed by atoms with van der Waals surface area (Å²) in [5.41, 5.74) is 1.96. The van der Waals surface area contributed by atoms with Crippen LogP contribution in [0.15, 0.2) is 36.4 Å². The molecule has 0 bridgehead atoms. The number of hydrogen-bond acceptors (Lipinski definition) is 2. The Morgan fingerprint density at radius 3 is 2.76 bits per heavy atom. The number of anilines is 1. The monoisotopic (exact) mass is 305 g/mol. The van der Waals surface area contributed by atoms with Crippen molar-refractivity contribution in [3.8, 4) is 0 Å². The van der Waals surface area contributed by atoms with Gasteiger partial charge in [-0.3, -0.25) is 4.79 Å². The van der Waals surface area contributed by atoms with E-state index < -0.39 is 11.9 Å². The number of amides is 1. The fraction of sp³-hybridized carbons (Fsp3) is 0.188. The van der Waals surface area contributed by atoms with Gasteiger partial charge in [0, 0.05) is 11.4 Å². The Hall–Kier alpha value is -1.91. The van der Waals surface area contributed by atoms with Crippen molar-refractivity contribution in [3.05, 3.63) is 63.9 Å². The van der Waals surface area contributed by atoms with Gasteiger partial charge in [0.2, 0.25) is 5.91 Å². The lowest BCUT2D eigenvalue weighted by molar-refractivity contribution is -0.116. The van der Waals surface area contributed by atoms with Crippen LogP contribution in [0, 0.1) is 5.82 Å². The maximum absolute atomic E-state index is 14.1. The minimum Gasteiger partial charge on any atom is -0.384 e. The summed E-state index contributed by atoms with van der Waals surface area (Å²) in [4.78, 5) is 11.3. The van der Waals surface area contributed by atoms with Crippen LogP contribution in [0.1, 0.15) is 29.2 Å². The molecule has 0 saturated heterocycles. The highest BCUT2D eigenvalue weighted by Gasteiger charge is 2.21. The van der Waals surface area contributed by atoms with Crippen molar-refractivity contribution in [2.45, 2.75) is 18.9 Å². The zero-order valence-electron chi connectivity index (χ0n) is 11.1. The van der Waals surface area contributed by atoms with Crippen LogP contribution < -0.4 is 5.32 Å². The molecule has 1 atom stereocenters. The predicted octanol–water partition coefficient (Wildman–Crippen LogP) is 3.45. The van der Waals surface area contributed by atoms with E-state index in [-0.39, 0.29) is 11.6 Å².